The molecule has 0 aliphatic carbocycles. The van der Waals surface area contributed by atoms with Crippen LogP contribution in [0.25, 0.3) is 10.8 Å². The molecular weight excluding hydrogens is 336 g/mol. The van der Waals surface area contributed by atoms with Gasteiger partial charge in [-0.2, -0.15) is 0 Å². The minimum atomic E-state index is -0.333. The Kier molecular flexibility index (Phi) is 6.77. The molecule has 3 aromatic rings. The number of aryl methyl sites for hydroxylation is 1. The van der Waals surface area contributed by atoms with Crippen LogP contribution in [-0.4, -0.2) is 19.0 Å². The molecule has 7 N–H and O–H groups in total. The van der Waals surface area contributed by atoms with Crippen LogP contribution in [0.1, 0.15) is 12.5 Å². The van der Waals surface area contributed by atoms with Gasteiger partial charge >= 0.3 is 0 Å². The summed E-state index contributed by atoms with van der Waals surface area (Å²) in [5, 5.41) is 8.32. The van der Waals surface area contributed by atoms with E-state index in [9.17, 15) is 0 Å². The molecule has 0 amide bonds. The lowest BCUT2D eigenvalue weighted by Crippen LogP contribution is -2.33. The Bertz CT molecular complexity index is 939. The summed E-state index contributed by atoms with van der Waals surface area (Å²) in [4.78, 5) is 6.56. The second kappa shape index (κ2) is 9.24. The Morgan fingerprint density at radius 1 is 0.963 bits per heavy atom. The van der Waals surface area contributed by atoms with Crippen molar-refractivity contribution < 1.29 is 0 Å². The van der Waals surface area contributed by atoms with Crippen LogP contribution in [0.15, 0.2) is 71.7 Å². The van der Waals surface area contributed by atoms with Gasteiger partial charge in [0.1, 0.15) is 0 Å². The third kappa shape index (κ3) is 5.47. The first-order chi connectivity index (χ1) is 12.9. The Balaban J connectivity index is 0.000000596. The van der Waals surface area contributed by atoms with E-state index in [0.29, 0.717) is 5.96 Å². The van der Waals surface area contributed by atoms with Gasteiger partial charge in [-0.05, 0) is 35.6 Å². The van der Waals surface area contributed by atoms with Gasteiger partial charge < -0.3 is 22.1 Å². The van der Waals surface area contributed by atoms with Crippen molar-refractivity contribution in [1.29, 1.82) is 5.41 Å². The fourth-order valence-corrected chi connectivity index (χ4v) is 2.62. The zero-order chi connectivity index (χ0) is 19.8. The van der Waals surface area contributed by atoms with Gasteiger partial charge in [-0.3, -0.25) is 5.41 Å². The van der Waals surface area contributed by atoms with Crippen molar-refractivity contribution in [3.05, 3.63) is 72.3 Å². The number of guanidine groups is 2. The highest BCUT2D eigenvalue weighted by atomic mass is 15.2. The highest BCUT2D eigenvalue weighted by Crippen LogP contribution is 2.26. The molecule has 0 bridgehead atoms. The quantitative estimate of drug-likeness (QED) is 0.422. The molecule has 0 heterocycles. The van der Waals surface area contributed by atoms with Crippen molar-refractivity contribution in [2.45, 2.75) is 13.3 Å². The number of hydrogen-bond acceptors (Lipinski definition) is 2. The maximum Gasteiger partial charge on any atom is 0.200 e. The number of nitrogens with one attached hydrogen (secondary N) is 1. The Hall–Kier alpha value is -3.54. The second-order valence-electron chi connectivity index (χ2n) is 6.01. The SMILES string of the molecule is CCc1cccc(N(C)C(N)=Nc2cccc3ccccc23)c1.N=C(N)N. The topological polar surface area (TPSA) is 118 Å². The molecule has 0 saturated heterocycles. The molecule has 140 valence electrons. The molecular formula is C21H26N6. The molecule has 0 fully saturated rings. The third-order valence-corrected chi connectivity index (χ3v) is 4.05. The van der Waals surface area contributed by atoms with Crippen LogP contribution >= 0.6 is 0 Å². The van der Waals surface area contributed by atoms with Crippen molar-refractivity contribution in [2.24, 2.45) is 22.2 Å². The summed E-state index contributed by atoms with van der Waals surface area (Å²) >= 11 is 0. The van der Waals surface area contributed by atoms with Crippen molar-refractivity contribution in [1.82, 2.24) is 0 Å². The zero-order valence-corrected chi connectivity index (χ0v) is 15.7. The molecule has 0 unspecified atom stereocenters. The first-order valence-corrected chi connectivity index (χ1v) is 8.66. The highest BCUT2D eigenvalue weighted by molar-refractivity contribution is 6.00. The van der Waals surface area contributed by atoms with E-state index in [1.165, 1.54) is 5.56 Å². The van der Waals surface area contributed by atoms with E-state index < -0.39 is 0 Å². The molecule has 0 aromatic heterocycles. The minimum Gasteiger partial charge on any atom is -0.370 e. The van der Waals surface area contributed by atoms with E-state index in [2.05, 4.69) is 59.8 Å². The molecule has 6 heteroatoms. The van der Waals surface area contributed by atoms with Crippen LogP contribution < -0.4 is 22.1 Å². The van der Waals surface area contributed by atoms with Crippen LogP contribution in [0.3, 0.4) is 0 Å². The lowest BCUT2D eigenvalue weighted by atomic mass is 10.1. The summed E-state index contributed by atoms with van der Waals surface area (Å²) in [6.07, 6.45) is 1.00. The van der Waals surface area contributed by atoms with Crippen LogP contribution in [0.4, 0.5) is 11.4 Å². The lowest BCUT2D eigenvalue weighted by Gasteiger charge is -2.19. The number of hydrogen-bond donors (Lipinski definition) is 4. The van der Waals surface area contributed by atoms with E-state index >= 15 is 0 Å². The summed E-state index contributed by atoms with van der Waals surface area (Å²) in [5.74, 6) is 0.148. The summed E-state index contributed by atoms with van der Waals surface area (Å²) in [6, 6.07) is 22.6. The number of fused-ring (bicyclic) bond motifs is 1. The van der Waals surface area contributed by atoms with Gasteiger partial charge in [-0.1, -0.05) is 55.5 Å². The first kappa shape index (κ1) is 19.8. The van der Waals surface area contributed by atoms with Gasteiger partial charge in [0.15, 0.2) is 5.96 Å². The maximum absolute atomic E-state index is 6.24. The molecule has 0 saturated carbocycles. The van der Waals surface area contributed by atoms with Gasteiger partial charge in [0.2, 0.25) is 5.96 Å². The molecule has 0 spiro atoms. The molecule has 6 nitrogen and oxygen atoms in total. The smallest absolute Gasteiger partial charge is 0.200 e. The fraction of sp³-hybridized carbons (Fsp3) is 0.143. The molecule has 0 atom stereocenters. The van der Waals surface area contributed by atoms with Crippen molar-refractivity contribution in [3.63, 3.8) is 0 Å². The van der Waals surface area contributed by atoms with Crippen LogP contribution in [0.5, 0.6) is 0 Å². The Morgan fingerprint density at radius 3 is 2.30 bits per heavy atom. The number of nitrogens with zero attached hydrogens (tertiary/aromatic N) is 2. The molecule has 0 radical (unpaired) electrons. The minimum absolute atomic E-state index is 0.333. The fourth-order valence-electron chi connectivity index (χ4n) is 2.62. The highest BCUT2D eigenvalue weighted by Gasteiger charge is 2.07. The molecule has 0 aliphatic heterocycles. The monoisotopic (exact) mass is 362 g/mol. The standard InChI is InChI=1S/C20H21N3.CH5N3/c1-3-15-8-6-11-17(14-15)23(2)20(21)22-19-13-7-10-16-9-4-5-12-18(16)19;2-1(3)4/h4-14H,3H2,1-2H3,(H2,21,22);(H5,2,3,4). The number of aliphatic imine (C=N–C) groups is 1. The van der Waals surface area contributed by atoms with E-state index in [1.807, 2.05) is 42.3 Å². The number of rotatable bonds is 3. The normalized spacial score (nSPS) is 10.8. The number of anilines is 1. The van der Waals surface area contributed by atoms with Gasteiger partial charge in [0.25, 0.3) is 0 Å². The van der Waals surface area contributed by atoms with Crippen LogP contribution in [-0.2, 0) is 6.42 Å². The zero-order valence-electron chi connectivity index (χ0n) is 15.7. The Morgan fingerprint density at radius 2 is 1.59 bits per heavy atom. The summed E-state index contributed by atoms with van der Waals surface area (Å²) < 4.78 is 0. The van der Waals surface area contributed by atoms with E-state index in [-0.39, 0.29) is 5.96 Å². The van der Waals surface area contributed by atoms with Crippen molar-refractivity contribution >= 4 is 34.1 Å². The average Bonchev–Trinajstić information content (AvgIpc) is 2.67. The first-order valence-electron chi connectivity index (χ1n) is 8.66. The largest absolute Gasteiger partial charge is 0.370 e. The summed E-state index contributed by atoms with van der Waals surface area (Å²) in [6.45, 7) is 2.15. The molecule has 27 heavy (non-hydrogen) atoms. The van der Waals surface area contributed by atoms with E-state index in [4.69, 9.17) is 11.1 Å². The summed E-state index contributed by atoms with van der Waals surface area (Å²) in [7, 11) is 1.94. The Labute approximate surface area is 159 Å². The van der Waals surface area contributed by atoms with Gasteiger partial charge in [0, 0.05) is 18.1 Å². The lowest BCUT2D eigenvalue weighted by molar-refractivity contribution is 1.13. The van der Waals surface area contributed by atoms with Crippen molar-refractivity contribution in [2.75, 3.05) is 11.9 Å². The van der Waals surface area contributed by atoms with Gasteiger partial charge in [0.05, 0.1) is 5.69 Å². The average molecular weight is 362 g/mol. The predicted molar refractivity (Wildman–Crippen MR) is 116 cm³/mol. The molecule has 3 rings (SSSR count). The van der Waals surface area contributed by atoms with Gasteiger partial charge in [-0.15, -0.1) is 0 Å². The molecule has 3 aromatic carbocycles. The number of nitrogens with two attached hydrogens (primary N) is 3. The van der Waals surface area contributed by atoms with E-state index in [0.717, 1.165) is 28.6 Å². The number of benzene rings is 3. The second-order valence-corrected chi connectivity index (χ2v) is 6.01. The third-order valence-electron chi connectivity index (χ3n) is 4.05. The molecule has 0 aliphatic rings. The van der Waals surface area contributed by atoms with Crippen molar-refractivity contribution in [3.8, 4) is 0 Å². The predicted octanol–water partition coefficient (Wildman–Crippen LogP) is 3.32. The van der Waals surface area contributed by atoms with Crippen LogP contribution in [0, 0.1) is 5.41 Å². The maximum atomic E-state index is 6.24. The van der Waals surface area contributed by atoms with Crippen LogP contribution in [0.2, 0.25) is 0 Å². The summed E-state index contributed by atoms with van der Waals surface area (Å²) in [5.41, 5.74) is 18.4. The van der Waals surface area contributed by atoms with Gasteiger partial charge in [-0.25, -0.2) is 4.99 Å². The van der Waals surface area contributed by atoms with E-state index in [1.54, 1.807) is 0 Å².